The van der Waals surface area contributed by atoms with Gasteiger partial charge in [-0.15, -0.1) is 0 Å². The molecule has 8 heteroatoms. The van der Waals surface area contributed by atoms with E-state index < -0.39 is 23.1 Å². The predicted octanol–water partition coefficient (Wildman–Crippen LogP) is -0.338. The van der Waals surface area contributed by atoms with Crippen LogP contribution in [-0.2, 0) is 19.1 Å². The molecule has 3 amide bonds. The molecular weight excluding hydrogens is 278 g/mol. The van der Waals surface area contributed by atoms with E-state index in [1.54, 1.807) is 20.8 Å². The molecule has 0 aromatic rings. The molecule has 0 atom stereocenters. The number of alkyl carbamates (subject to hydrolysis) is 1. The van der Waals surface area contributed by atoms with Crippen molar-refractivity contribution in [3.05, 3.63) is 0 Å². The van der Waals surface area contributed by atoms with Gasteiger partial charge in [0.25, 0.3) is 0 Å². The second kappa shape index (κ2) is 6.75. The molecule has 0 unspecified atom stereocenters. The van der Waals surface area contributed by atoms with E-state index in [0.29, 0.717) is 0 Å². The summed E-state index contributed by atoms with van der Waals surface area (Å²) >= 11 is 0. The lowest BCUT2D eigenvalue weighted by Crippen LogP contribution is -2.63. The Bertz CT molecular complexity index is 413. The van der Waals surface area contributed by atoms with Crippen LogP contribution in [0.2, 0.25) is 0 Å². The average Bonchev–Trinajstić information content (AvgIpc) is 2.22. The monoisotopic (exact) mass is 301 g/mol. The van der Waals surface area contributed by atoms with Gasteiger partial charge < -0.3 is 25.8 Å². The maximum atomic E-state index is 11.8. The van der Waals surface area contributed by atoms with E-state index in [9.17, 15) is 14.4 Å². The van der Waals surface area contributed by atoms with Gasteiger partial charge in [-0.3, -0.25) is 9.59 Å². The number of ether oxygens (including phenoxy) is 2. The van der Waals surface area contributed by atoms with Crippen molar-refractivity contribution in [1.82, 2.24) is 10.6 Å². The van der Waals surface area contributed by atoms with E-state index in [1.165, 1.54) is 0 Å². The SMILES string of the molecule is CC(C)(C)OC(=O)NCCC(=O)NC1(CC(N)=O)COC1. The lowest BCUT2D eigenvalue weighted by atomic mass is 9.92. The zero-order valence-corrected chi connectivity index (χ0v) is 12.7. The van der Waals surface area contributed by atoms with E-state index in [0.717, 1.165) is 0 Å². The van der Waals surface area contributed by atoms with Crippen LogP contribution in [0.1, 0.15) is 33.6 Å². The van der Waals surface area contributed by atoms with Gasteiger partial charge in [-0.1, -0.05) is 0 Å². The molecule has 21 heavy (non-hydrogen) atoms. The minimum absolute atomic E-state index is 0.0399. The summed E-state index contributed by atoms with van der Waals surface area (Å²) in [7, 11) is 0. The zero-order valence-electron chi connectivity index (χ0n) is 12.7. The third-order valence-corrected chi connectivity index (χ3v) is 2.69. The Morgan fingerprint density at radius 1 is 1.29 bits per heavy atom. The first-order chi connectivity index (χ1) is 9.62. The van der Waals surface area contributed by atoms with E-state index in [4.69, 9.17) is 15.2 Å². The van der Waals surface area contributed by atoms with Crippen molar-refractivity contribution in [3.63, 3.8) is 0 Å². The molecule has 0 radical (unpaired) electrons. The van der Waals surface area contributed by atoms with Gasteiger partial charge in [-0.05, 0) is 20.8 Å². The van der Waals surface area contributed by atoms with Crippen LogP contribution >= 0.6 is 0 Å². The van der Waals surface area contributed by atoms with Gasteiger partial charge in [0.15, 0.2) is 0 Å². The number of nitrogens with two attached hydrogens (primary N) is 1. The van der Waals surface area contributed by atoms with Crippen molar-refractivity contribution < 1.29 is 23.9 Å². The molecule has 8 nitrogen and oxygen atoms in total. The average molecular weight is 301 g/mol. The van der Waals surface area contributed by atoms with Gasteiger partial charge in [0, 0.05) is 13.0 Å². The Morgan fingerprint density at radius 3 is 2.33 bits per heavy atom. The molecule has 120 valence electrons. The fraction of sp³-hybridized carbons (Fsp3) is 0.769. The van der Waals surface area contributed by atoms with Crippen LogP contribution in [0, 0.1) is 0 Å². The highest BCUT2D eigenvalue weighted by Crippen LogP contribution is 2.20. The van der Waals surface area contributed by atoms with Crippen LogP contribution in [0.4, 0.5) is 4.79 Å². The number of carbonyl (C=O) groups excluding carboxylic acids is 3. The summed E-state index contributed by atoms with van der Waals surface area (Å²) in [5.41, 5.74) is 3.86. The Balaban J connectivity index is 2.28. The molecule has 4 N–H and O–H groups in total. The van der Waals surface area contributed by atoms with Crippen molar-refractivity contribution in [2.45, 2.75) is 44.8 Å². The summed E-state index contributed by atoms with van der Waals surface area (Å²) in [6.45, 7) is 5.94. The van der Waals surface area contributed by atoms with Gasteiger partial charge in [0.1, 0.15) is 5.60 Å². The summed E-state index contributed by atoms with van der Waals surface area (Å²) in [4.78, 5) is 34.1. The molecular formula is C13H23N3O5. The van der Waals surface area contributed by atoms with Crippen molar-refractivity contribution in [3.8, 4) is 0 Å². The fourth-order valence-electron chi connectivity index (χ4n) is 1.85. The minimum Gasteiger partial charge on any atom is -0.444 e. The van der Waals surface area contributed by atoms with Crippen molar-refractivity contribution in [2.24, 2.45) is 5.73 Å². The first kappa shape index (κ1) is 17.2. The fourth-order valence-corrected chi connectivity index (χ4v) is 1.85. The standard InChI is InChI=1S/C13H23N3O5/c1-12(2,3)21-11(19)15-5-4-10(18)16-13(6-9(14)17)7-20-8-13/h4-8H2,1-3H3,(H2,14,17)(H,15,19)(H,16,18). The van der Waals surface area contributed by atoms with Crippen molar-refractivity contribution in [1.29, 1.82) is 0 Å². The predicted molar refractivity (Wildman–Crippen MR) is 74.4 cm³/mol. The number of amides is 3. The lowest BCUT2D eigenvalue weighted by Gasteiger charge is -2.41. The zero-order chi connectivity index (χ0) is 16.1. The Labute approximate surface area is 123 Å². The normalized spacial score (nSPS) is 16.5. The summed E-state index contributed by atoms with van der Waals surface area (Å²) in [6, 6.07) is 0. The minimum atomic E-state index is -0.700. The smallest absolute Gasteiger partial charge is 0.407 e. The molecule has 1 saturated heterocycles. The molecule has 0 bridgehead atoms. The van der Waals surface area contributed by atoms with Crippen molar-refractivity contribution in [2.75, 3.05) is 19.8 Å². The third-order valence-electron chi connectivity index (χ3n) is 2.69. The van der Waals surface area contributed by atoms with E-state index >= 15 is 0 Å². The van der Waals surface area contributed by atoms with Gasteiger partial charge in [0.05, 0.1) is 25.2 Å². The summed E-state index contributed by atoms with van der Waals surface area (Å²) < 4.78 is 10.1. The number of primary amides is 1. The Hall–Kier alpha value is -1.83. The molecule has 0 aromatic carbocycles. The van der Waals surface area contributed by atoms with Crippen LogP contribution < -0.4 is 16.4 Å². The van der Waals surface area contributed by atoms with Gasteiger partial charge in [-0.2, -0.15) is 0 Å². The highest BCUT2D eigenvalue weighted by atomic mass is 16.6. The quantitative estimate of drug-likeness (QED) is 0.620. The maximum Gasteiger partial charge on any atom is 0.407 e. The molecule has 0 saturated carbocycles. The number of carbonyl (C=O) groups is 3. The lowest BCUT2D eigenvalue weighted by molar-refractivity contribution is -0.138. The topological polar surface area (TPSA) is 120 Å². The molecule has 0 spiro atoms. The van der Waals surface area contributed by atoms with Crippen LogP contribution in [0.3, 0.4) is 0 Å². The highest BCUT2D eigenvalue weighted by molar-refractivity contribution is 5.80. The second-order valence-corrected chi connectivity index (χ2v) is 6.14. The largest absolute Gasteiger partial charge is 0.444 e. The third kappa shape index (κ3) is 6.44. The van der Waals surface area contributed by atoms with E-state index in [-0.39, 0.29) is 38.5 Å². The van der Waals surface area contributed by atoms with Crippen molar-refractivity contribution >= 4 is 17.9 Å². The van der Waals surface area contributed by atoms with Crippen LogP contribution in [-0.4, -0.2) is 48.8 Å². The molecule has 1 rings (SSSR count). The summed E-state index contributed by atoms with van der Waals surface area (Å²) in [5.74, 6) is -0.777. The van der Waals surface area contributed by atoms with Gasteiger partial charge in [0.2, 0.25) is 11.8 Å². The molecule has 1 aliphatic heterocycles. The summed E-state index contributed by atoms with van der Waals surface area (Å²) in [6.07, 6.45) is -0.452. The van der Waals surface area contributed by atoms with Gasteiger partial charge >= 0.3 is 6.09 Å². The number of hydrogen-bond donors (Lipinski definition) is 3. The van der Waals surface area contributed by atoms with E-state index in [1.807, 2.05) is 0 Å². The first-order valence-electron chi connectivity index (χ1n) is 6.76. The van der Waals surface area contributed by atoms with Crippen LogP contribution in [0.5, 0.6) is 0 Å². The molecule has 1 heterocycles. The Kier molecular flexibility index (Phi) is 5.54. The first-order valence-corrected chi connectivity index (χ1v) is 6.76. The number of hydrogen-bond acceptors (Lipinski definition) is 5. The number of nitrogens with one attached hydrogen (secondary N) is 2. The van der Waals surface area contributed by atoms with Crippen LogP contribution in [0.15, 0.2) is 0 Å². The van der Waals surface area contributed by atoms with Crippen LogP contribution in [0.25, 0.3) is 0 Å². The second-order valence-electron chi connectivity index (χ2n) is 6.14. The molecule has 0 aromatic heterocycles. The summed E-state index contributed by atoms with van der Waals surface area (Å²) in [5, 5.41) is 5.21. The molecule has 0 aliphatic carbocycles. The maximum absolute atomic E-state index is 11.8. The molecule has 1 aliphatic rings. The number of rotatable bonds is 6. The van der Waals surface area contributed by atoms with Gasteiger partial charge in [-0.25, -0.2) is 4.79 Å². The highest BCUT2D eigenvalue weighted by Gasteiger charge is 2.41. The van der Waals surface area contributed by atoms with E-state index in [2.05, 4.69) is 10.6 Å². The molecule has 1 fully saturated rings. The Morgan fingerprint density at radius 2 is 1.90 bits per heavy atom.